The van der Waals surface area contributed by atoms with E-state index in [1.807, 2.05) is 0 Å². The summed E-state index contributed by atoms with van der Waals surface area (Å²) in [5.41, 5.74) is 0. The molecule has 0 amide bonds. The Hall–Kier alpha value is -2.03. The minimum atomic E-state index is -1.32. The molecule has 1 fully saturated rings. The SMILES string of the molecule is CC(=O)OB1[B]OC(OC(C)=O)C(OC(C)=O)C1OC(C)=O. The van der Waals surface area contributed by atoms with E-state index in [0.717, 1.165) is 35.1 Å². The molecule has 3 unspecified atom stereocenters. The van der Waals surface area contributed by atoms with E-state index in [1.54, 1.807) is 0 Å². The van der Waals surface area contributed by atoms with Gasteiger partial charge in [-0.25, -0.2) is 0 Å². The zero-order chi connectivity index (χ0) is 16.9. The first-order valence-electron chi connectivity index (χ1n) is 6.38. The highest BCUT2D eigenvalue weighted by molar-refractivity contribution is 7.07. The van der Waals surface area contributed by atoms with Gasteiger partial charge in [0.2, 0.25) is 6.29 Å². The average Bonchev–Trinajstić information content (AvgIpc) is 2.34. The summed E-state index contributed by atoms with van der Waals surface area (Å²) in [7, 11) is 1.04. The van der Waals surface area contributed by atoms with Gasteiger partial charge in [-0.3, -0.25) is 19.2 Å². The van der Waals surface area contributed by atoms with E-state index in [0.29, 0.717) is 0 Å². The van der Waals surface area contributed by atoms with Crippen LogP contribution in [0.3, 0.4) is 0 Å². The van der Waals surface area contributed by atoms with Crippen LogP contribution >= 0.6 is 0 Å². The van der Waals surface area contributed by atoms with Crippen molar-refractivity contribution in [2.45, 2.75) is 46.1 Å². The number of hydrogen-bond donors (Lipinski definition) is 0. The minimum Gasteiger partial charge on any atom is -0.537 e. The second-order valence-electron chi connectivity index (χ2n) is 4.47. The van der Waals surface area contributed by atoms with Gasteiger partial charge in [-0.1, -0.05) is 0 Å². The first kappa shape index (κ1) is 18.0. The molecule has 0 N–H and O–H groups in total. The molecule has 0 aromatic carbocycles. The maximum absolute atomic E-state index is 11.2. The van der Waals surface area contributed by atoms with Gasteiger partial charge in [0.1, 0.15) is 0 Å². The quantitative estimate of drug-likeness (QED) is 0.365. The van der Waals surface area contributed by atoms with Gasteiger partial charge < -0.3 is 23.5 Å². The van der Waals surface area contributed by atoms with Crippen LogP contribution < -0.4 is 0 Å². The normalized spacial score (nSPS) is 23.8. The summed E-state index contributed by atoms with van der Waals surface area (Å²) in [6.07, 6.45) is -2.60. The molecule has 0 spiro atoms. The summed E-state index contributed by atoms with van der Waals surface area (Å²) in [6, 6.07) is -1.21. The minimum absolute atomic E-state index is 0.658. The van der Waals surface area contributed by atoms with Crippen LogP contribution in [-0.4, -0.2) is 56.5 Å². The fraction of sp³-hybridized carbons (Fsp3) is 0.636. The lowest BCUT2D eigenvalue weighted by molar-refractivity contribution is -0.205. The third-order valence-electron chi connectivity index (χ3n) is 2.45. The van der Waals surface area contributed by atoms with E-state index in [2.05, 4.69) is 0 Å². The second kappa shape index (κ2) is 7.83. The zero-order valence-corrected chi connectivity index (χ0v) is 12.6. The number of ether oxygens (including phenoxy) is 3. The van der Waals surface area contributed by atoms with E-state index in [-0.39, 0.29) is 0 Å². The molecule has 1 rings (SSSR count). The molecule has 22 heavy (non-hydrogen) atoms. The van der Waals surface area contributed by atoms with Gasteiger partial charge in [0, 0.05) is 27.7 Å². The highest BCUT2D eigenvalue weighted by atomic mass is 16.7. The van der Waals surface area contributed by atoms with E-state index in [1.165, 1.54) is 0 Å². The highest BCUT2D eigenvalue weighted by Crippen LogP contribution is 2.22. The van der Waals surface area contributed by atoms with Crippen LogP contribution in [0.5, 0.6) is 0 Å². The Morgan fingerprint density at radius 1 is 0.864 bits per heavy atom. The molecule has 0 aromatic heterocycles. The Morgan fingerprint density at radius 2 is 1.41 bits per heavy atom. The van der Waals surface area contributed by atoms with Gasteiger partial charge in [-0.15, -0.1) is 0 Å². The standard InChI is InChI=1S/C11H15B2O9/c1-5(14)18-9-10(19-6(2)15)13(22-8(4)17)12-21-11(9)20-7(3)16/h9-11H,1-4H3. The summed E-state index contributed by atoms with van der Waals surface area (Å²) in [5.74, 6) is -2.76. The molecule has 1 heterocycles. The van der Waals surface area contributed by atoms with Gasteiger partial charge in [0.15, 0.2) is 12.1 Å². The van der Waals surface area contributed by atoms with Crippen molar-refractivity contribution in [3.63, 3.8) is 0 Å². The molecule has 0 aromatic rings. The molecule has 1 aliphatic rings. The third kappa shape index (κ3) is 5.40. The second-order valence-corrected chi connectivity index (χ2v) is 4.47. The molecule has 9 nitrogen and oxygen atoms in total. The van der Waals surface area contributed by atoms with Gasteiger partial charge in [0.05, 0.1) is 0 Å². The Balaban J connectivity index is 3.03. The smallest absolute Gasteiger partial charge is 0.395 e. The fourth-order valence-corrected chi connectivity index (χ4v) is 1.84. The number of carbonyl (C=O) groups is 4. The summed E-state index contributed by atoms with van der Waals surface area (Å²) in [5, 5.41) is 0. The Labute approximate surface area is 127 Å². The lowest BCUT2D eigenvalue weighted by Gasteiger charge is -2.37. The van der Waals surface area contributed by atoms with Crippen molar-refractivity contribution in [3.8, 4) is 0 Å². The van der Waals surface area contributed by atoms with Crippen molar-refractivity contribution in [3.05, 3.63) is 0 Å². The van der Waals surface area contributed by atoms with Gasteiger partial charge in [-0.2, -0.15) is 0 Å². The van der Waals surface area contributed by atoms with Crippen molar-refractivity contribution >= 4 is 38.1 Å². The molecular weight excluding hydrogens is 298 g/mol. The van der Waals surface area contributed by atoms with Crippen molar-refractivity contribution in [2.24, 2.45) is 0 Å². The van der Waals surface area contributed by atoms with Gasteiger partial charge in [-0.05, 0) is 0 Å². The van der Waals surface area contributed by atoms with E-state index in [4.69, 9.17) is 23.5 Å². The molecular formula is C11H15B2O9. The van der Waals surface area contributed by atoms with E-state index < -0.39 is 49.1 Å². The molecule has 1 aliphatic heterocycles. The summed E-state index contributed by atoms with van der Waals surface area (Å²) in [4.78, 5) is 44.6. The largest absolute Gasteiger partial charge is 0.537 e. The summed E-state index contributed by atoms with van der Waals surface area (Å²) < 4.78 is 25.0. The van der Waals surface area contributed by atoms with Crippen molar-refractivity contribution in [1.29, 1.82) is 0 Å². The van der Waals surface area contributed by atoms with Crippen LogP contribution in [0.4, 0.5) is 0 Å². The predicted octanol–water partition coefficient (Wildman–Crippen LogP) is -1.02. The molecule has 0 bridgehead atoms. The molecule has 0 saturated carbocycles. The maximum atomic E-state index is 11.2. The number of hydrogen-bond acceptors (Lipinski definition) is 9. The van der Waals surface area contributed by atoms with Crippen LogP contribution in [0.1, 0.15) is 27.7 Å². The maximum Gasteiger partial charge on any atom is 0.395 e. The molecule has 3 atom stereocenters. The number of rotatable bonds is 4. The van der Waals surface area contributed by atoms with Crippen LogP contribution in [0.25, 0.3) is 0 Å². The van der Waals surface area contributed by atoms with Crippen LogP contribution in [0.2, 0.25) is 0 Å². The van der Waals surface area contributed by atoms with Gasteiger partial charge in [0.25, 0.3) is 5.97 Å². The van der Waals surface area contributed by atoms with Crippen molar-refractivity contribution in [1.82, 2.24) is 0 Å². The van der Waals surface area contributed by atoms with Gasteiger partial charge >= 0.3 is 32.1 Å². The fourth-order valence-electron chi connectivity index (χ4n) is 1.84. The van der Waals surface area contributed by atoms with Crippen molar-refractivity contribution < 1.29 is 42.7 Å². The van der Waals surface area contributed by atoms with Crippen LogP contribution in [0.15, 0.2) is 0 Å². The average molecular weight is 313 g/mol. The van der Waals surface area contributed by atoms with Crippen molar-refractivity contribution in [2.75, 3.05) is 0 Å². The van der Waals surface area contributed by atoms with E-state index in [9.17, 15) is 19.2 Å². The predicted molar refractivity (Wildman–Crippen MR) is 71.0 cm³/mol. The Kier molecular flexibility index (Phi) is 6.41. The molecule has 1 radical (unpaired) electrons. The van der Waals surface area contributed by atoms with Crippen LogP contribution in [-0.2, 0) is 42.7 Å². The molecule has 1 saturated heterocycles. The van der Waals surface area contributed by atoms with Crippen LogP contribution in [0, 0.1) is 0 Å². The highest BCUT2D eigenvalue weighted by Gasteiger charge is 2.52. The first-order valence-corrected chi connectivity index (χ1v) is 6.38. The Bertz CT molecular complexity index is 424. The molecule has 11 heteroatoms. The first-order chi connectivity index (χ1) is 10.2. The molecule has 119 valence electrons. The Morgan fingerprint density at radius 3 is 1.86 bits per heavy atom. The monoisotopic (exact) mass is 313 g/mol. The number of esters is 3. The summed E-state index contributed by atoms with van der Waals surface area (Å²) in [6.45, 7) is 3.42. The zero-order valence-electron chi connectivity index (χ0n) is 12.6. The number of carbonyl (C=O) groups excluding carboxylic acids is 4. The third-order valence-corrected chi connectivity index (χ3v) is 2.45. The topological polar surface area (TPSA) is 114 Å². The summed E-state index contributed by atoms with van der Waals surface area (Å²) >= 11 is 0. The lowest BCUT2D eigenvalue weighted by Crippen LogP contribution is -2.62. The van der Waals surface area contributed by atoms with E-state index >= 15 is 0 Å². The lowest BCUT2D eigenvalue weighted by atomic mass is 9.36. The molecule has 0 aliphatic carbocycles.